The Morgan fingerprint density at radius 3 is 2.16 bits per heavy atom. The van der Waals surface area contributed by atoms with Gasteiger partial charge in [0.25, 0.3) is 7.82 Å². The molecule has 1 unspecified atom stereocenters. The smallest absolute Gasteiger partial charge is 0.333 e. The van der Waals surface area contributed by atoms with Crippen LogP contribution in [-0.4, -0.2) is 136 Å². The number of rotatable bonds is 36. The van der Waals surface area contributed by atoms with E-state index in [0.29, 0.717) is 36.9 Å². The Bertz CT molecular complexity index is 1440. The number of phosphoric ester groups is 1. The lowest BCUT2D eigenvalue weighted by atomic mass is 9.94. The van der Waals surface area contributed by atoms with E-state index in [-0.39, 0.29) is 37.5 Å². The average Bonchev–Trinajstić information content (AvgIpc) is 3.44. The second-order valence-corrected chi connectivity index (χ2v) is 20.1. The number of aliphatic hydroxyl groups is 2. The number of likely N-dealkylation sites (N-methyl/N-ethyl adjacent to an activating group) is 1. The first-order valence-corrected chi connectivity index (χ1v) is 25.0. The maximum atomic E-state index is 12.2. The molecule has 0 saturated carbocycles. The van der Waals surface area contributed by atoms with Crippen LogP contribution in [0.25, 0.3) is 0 Å². The minimum absolute atomic E-state index is 0.00871. The zero-order valence-corrected chi connectivity index (χ0v) is 39.0. The number of carbonyl (C=O) groups is 2. The minimum Gasteiger partial charge on any atom is -0.756 e. The lowest BCUT2D eigenvalue weighted by Gasteiger charge is -2.35. The Kier molecular flexibility index (Phi) is 25.8. The number of unbranched alkanes of at least 4 members (excludes halogenated alkanes) is 14. The van der Waals surface area contributed by atoms with Gasteiger partial charge >= 0.3 is 22.2 Å². The fourth-order valence-electron chi connectivity index (χ4n) is 7.32. The maximum Gasteiger partial charge on any atom is 0.333 e. The lowest BCUT2D eigenvalue weighted by Crippen LogP contribution is -2.43. The van der Waals surface area contributed by atoms with Gasteiger partial charge in [-0.25, -0.2) is 4.79 Å². The molecule has 0 amide bonds. The van der Waals surface area contributed by atoms with Crippen molar-refractivity contribution >= 4 is 30.1 Å². The number of aliphatic hydroxyl groups excluding tert-OH is 1. The zero-order valence-electron chi connectivity index (χ0n) is 37.3. The van der Waals surface area contributed by atoms with Gasteiger partial charge in [0.2, 0.25) is 5.79 Å². The summed E-state index contributed by atoms with van der Waals surface area (Å²) in [7, 11) is -3.58. The van der Waals surface area contributed by atoms with Crippen LogP contribution in [0.3, 0.4) is 0 Å². The summed E-state index contributed by atoms with van der Waals surface area (Å²) in [5.41, 5.74) is 0. The quantitative estimate of drug-likeness (QED) is 0.0123. The van der Waals surface area contributed by atoms with Crippen molar-refractivity contribution in [2.75, 3.05) is 60.7 Å². The number of nitrogens with one attached hydrogen (secondary N) is 1. The second kappa shape index (κ2) is 28.4. The molecule has 0 aliphatic carbocycles. The van der Waals surface area contributed by atoms with Crippen molar-refractivity contribution in [3.63, 3.8) is 0 Å². The lowest BCUT2D eigenvalue weighted by molar-refractivity contribution is -0.870. The standard InChI is InChI=1S/C41H77N2O16PS/c1-34(45)56-36-25-27-41(26-21-17-12-10-8-6-7-9-11-13-18-22-29-53-32-35(31-44)42-61(50,51)52)57-37(39(36)58-41)23-19-15-14-16-20-24-38(46)54-33-40(2,47)59-60(48,49)55-30-28-43(3,4)5/h20,24,35-37,39,42,44,47H,6-19,21-23,25-33H2,1-5H3,(H-,48,49,50,51,52)/b24-20+/t35-,36+,37+,39-,40+,41-/m0/s1. The number of carbonyl (C=O) groups excluding carboxylic acids is 2. The molecule has 2 heterocycles. The van der Waals surface area contributed by atoms with Crippen molar-refractivity contribution in [3.8, 4) is 0 Å². The van der Waals surface area contributed by atoms with Crippen LogP contribution in [0.5, 0.6) is 0 Å². The third kappa shape index (κ3) is 26.7. The monoisotopic (exact) mass is 916 g/mol. The highest BCUT2D eigenvalue weighted by Gasteiger charge is 2.54. The molecule has 2 fully saturated rings. The van der Waals surface area contributed by atoms with Gasteiger partial charge in [-0.05, 0) is 45.4 Å². The van der Waals surface area contributed by atoms with Crippen molar-refractivity contribution in [3.05, 3.63) is 12.2 Å². The highest BCUT2D eigenvalue weighted by molar-refractivity contribution is 7.83. The molecule has 2 rings (SSSR count). The number of hydrogen-bond donors (Lipinski definition) is 4. The van der Waals surface area contributed by atoms with E-state index in [9.17, 15) is 32.6 Å². The largest absolute Gasteiger partial charge is 0.756 e. The van der Waals surface area contributed by atoms with Crippen LogP contribution in [0.15, 0.2) is 12.2 Å². The van der Waals surface area contributed by atoms with Gasteiger partial charge in [0, 0.05) is 32.4 Å². The van der Waals surface area contributed by atoms with E-state index >= 15 is 0 Å². The van der Waals surface area contributed by atoms with Crippen molar-refractivity contribution in [1.82, 2.24) is 4.72 Å². The van der Waals surface area contributed by atoms with Gasteiger partial charge in [0.15, 0.2) is 5.79 Å². The molecule has 2 saturated heterocycles. The van der Waals surface area contributed by atoms with Crippen LogP contribution in [-0.2, 0) is 57.2 Å². The Balaban J connectivity index is 1.57. The summed E-state index contributed by atoms with van der Waals surface area (Å²) in [6.07, 6.45) is 21.7. The molecule has 61 heavy (non-hydrogen) atoms. The molecule has 20 heteroatoms. The summed E-state index contributed by atoms with van der Waals surface area (Å²) >= 11 is 0. The Hall–Kier alpha value is -1.58. The molecular formula is C41H77N2O16PS. The Morgan fingerprint density at radius 1 is 0.967 bits per heavy atom. The summed E-state index contributed by atoms with van der Waals surface area (Å²) in [5.74, 6) is -3.99. The number of fused-ring (bicyclic) bond motifs is 2. The zero-order chi connectivity index (χ0) is 45.4. The predicted octanol–water partition coefficient (Wildman–Crippen LogP) is 5.00. The Morgan fingerprint density at radius 2 is 1.57 bits per heavy atom. The fourth-order valence-corrected chi connectivity index (χ4v) is 8.78. The third-order valence-corrected chi connectivity index (χ3v) is 12.2. The SMILES string of the molecule is CC(=O)O[C@@H]1CC[C@]2(CCCCCCCCCCCCCCOC[C@H](CO)NS(=O)(=O)O)O[C@@H]1[C@@H](CCCCC/C=C/C(=O)OC[C@](C)(O)OP(=O)([O-])OCC[N+](C)(C)C)O2. The Labute approximate surface area is 364 Å². The van der Waals surface area contributed by atoms with Gasteiger partial charge in [-0.15, -0.1) is 0 Å². The van der Waals surface area contributed by atoms with Crippen LogP contribution in [0, 0.1) is 0 Å². The highest BCUT2D eigenvalue weighted by atomic mass is 32.2. The van der Waals surface area contributed by atoms with Gasteiger partial charge in [0.1, 0.15) is 32.0 Å². The molecular weight excluding hydrogens is 839 g/mol. The van der Waals surface area contributed by atoms with Crippen LogP contribution >= 0.6 is 7.82 Å². The molecule has 18 nitrogen and oxygen atoms in total. The highest BCUT2D eigenvalue weighted by Crippen LogP contribution is 2.46. The van der Waals surface area contributed by atoms with Crippen molar-refractivity contribution in [1.29, 1.82) is 0 Å². The van der Waals surface area contributed by atoms with Crippen molar-refractivity contribution < 1.29 is 79.4 Å². The molecule has 358 valence electrons. The first-order chi connectivity index (χ1) is 28.6. The average molecular weight is 917 g/mol. The van der Waals surface area contributed by atoms with E-state index < -0.39 is 54.9 Å². The van der Waals surface area contributed by atoms with E-state index in [4.69, 9.17) is 42.4 Å². The molecule has 2 aliphatic heterocycles. The molecule has 0 aromatic heterocycles. The number of ether oxygens (including phenoxy) is 5. The molecule has 0 spiro atoms. The summed E-state index contributed by atoms with van der Waals surface area (Å²) in [6.45, 7) is 2.09. The van der Waals surface area contributed by atoms with Crippen molar-refractivity contribution in [2.24, 2.45) is 0 Å². The summed E-state index contributed by atoms with van der Waals surface area (Å²) < 4.78 is 83.5. The number of allylic oxidation sites excluding steroid dienone is 1. The van der Waals surface area contributed by atoms with Gasteiger partial charge in [-0.1, -0.05) is 83.1 Å². The molecule has 0 aromatic carbocycles. The van der Waals surface area contributed by atoms with E-state index in [2.05, 4.69) is 0 Å². The van der Waals surface area contributed by atoms with Crippen LogP contribution < -0.4 is 9.62 Å². The minimum atomic E-state index is -4.82. The summed E-state index contributed by atoms with van der Waals surface area (Å²) in [4.78, 5) is 36.1. The molecule has 2 bridgehead atoms. The van der Waals surface area contributed by atoms with E-state index in [1.807, 2.05) is 25.9 Å². The maximum absolute atomic E-state index is 12.2. The van der Waals surface area contributed by atoms with Crippen molar-refractivity contribution in [2.45, 2.75) is 178 Å². The van der Waals surface area contributed by atoms with Gasteiger partial charge < -0.3 is 47.8 Å². The molecule has 2 aliphatic rings. The van der Waals surface area contributed by atoms with E-state index in [1.165, 1.54) is 51.5 Å². The number of esters is 2. The van der Waals surface area contributed by atoms with Crippen LogP contribution in [0.2, 0.25) is 0 Å². The molecule has 7 atom stereocenters. The number of hydrogen-bond acceptors (Lipinski definition) is 15. The number of phosphoric acid groups is 1. The molecule has 4 N–H and O–H groups in total. The first-order valence-electron chi connectivity index (χ1n) is 22.1. The fraction of sp³-hybridized carbons (Fsp3) is 0.902. The van der Waals surface area contributed by atoms with E-state index in [0.717, 1.165) is 77.6 Å². The van der Waals surface area contributed by atoms with Gasteiger partial charge in [-0.2, -0.15) is 13.1 Å². The summed E-state index contributed by atoms with van der Waals surface area (Å²) in [6, 6.07) is -0.855. The normalized spacial score (nSPS) is 23.1. The molecule has 0 radical (unpaired) electrons. The number of quaternary nitrogens is 1. The number of nitrogens with zero attached hydrogens (tertiary/aromatic N) is 1. The van der Waals surface area contributed by atoms with E-state index in [1.54, 1.807) is 6.08 Å². The third-order valence-electron chi connectivity index (χ3n) is 10.4. The molecule has 0 aromatic rings. The topological polar surface area (TPSA) is 246 Å². The first kappa shape index (κ1) is 55.6. The summed E-state index contributed by atoms with van der Waals surface area (Å²) in [5, 5.41) is 19.4. The van der Waals surface area contributed by atoms with Gasteiger partial charge in [0.05, 0.1) is 46.5 Å². The second-order valence-electron chi connectivity index (χ2n) is 17.6. The van der Waals surface area contributed by atoms with Crippen LogP contribution in [0.1, 0.15) is 142 Å². The predicted molar refractivity (Wildman–Crippen MR) is 225 cm³/mol. The van der Waals surface area contributed by atoms with Crippen LogP contribution in [0.4, 0.5) is 0 Å². The van der Waals surface area contributed by atoms with Gasteiger partial charge in [-0.3, -0.25) is 18.4 Å².